The molecule has 6 rings (SSSR count). The fourth-order valence-corrected chi connectivity index (χ4v) is 5.72. The first-order valence-corrected chi connectivity index (χ1v) is 13.4. The minimum absolute atomic E-state index is 0.0607. The Hall–Kier alpha value is -4.18. The summed E-state index contributed by atoms with van der Waals surface area (Å²) >= 11 is 0. The molecule has 202 valence electrons. The van der Waals surface area contributed by atoms with Gasteiger partial charge >= 0.3 is 6.03 Å². The maximum Gasteiger partial charge on any atom is 0.322 e. The quantitative estimate of drug-likeness (QED) is 0.479. The average Bonchev–Trinajstić information content (AvgIpc) is 3.14. The number of methoxy groups -OCH3 is 1. The first-order valence-electron chi connectivity index (χ1n) is 13.4. The molecule has 0 aliphatic carbocycles. The molecule has 2 N–H and O–H groups in total. The highest BCUT2D eigenvalue weighted by Gasteiger charge is 2.31. The van der Waals surface area contributed by atoms with Crippen molar-refractivity contribution in [2.24, 2.45) is 0 Å². The lowest BCUT2D eigenvalue weighted by molar-refractivity contribution is 0.103. The molecule has 2 aromatic carbocycles. The zero-order valence-electron chi connectivity index (χ0n) is 22.2. The average molecular weight is 529 g/mol. The van der Waals surface area contributed by atoms with Gasteiger partial charge in [0.25, 0.3) is 0 Å². The molecule has 4 heterocycles. The SMILES string of the molecule is COc1ccc2c(c1)CCN(C1CCN(c3cc(C(=O)c4cc(C)c5c(c4)CCON5)ncn3)CC1)C(=O)N2. The number of aromatic nitrogens is 2. The van der Waals surface area contributed by atoms with Gasteiger partial charge < -0.3 is 19.9 Å². The molecule has 3 aromatic rings. The van der Waals surface area contributed by atoms with Crippen LogP contribution in [0.4, 0.5) is 22.0 Å². The minimum atomic E-state index is -0.122. The van der Waals surface area contributed by atoms with Crippen LogP contribution in [-0.4, -0.2) is 66.1 Å². The number of ketones is 1. The van der Waals surface area contributed by atoms with Gasteiger partial charge in [0, 0.05) is 49.4 Å². The van der Waals surface area contributed by atoms with Crippen LogP contribution in [0.25, 0.3) is 0 Å². The number of rotatable bonds is 5. The number of amides is 2. The van der Waals surface area contributed by atoms with Gasteiger partial charge in [-0.15, -0.1) is 0 Å². The molecule has 3 aliphatic rings. The zero-order chi connectivity index (χ0) is 26.9. The van der Waals surface area contributed by atoms with Gasteiger partial charge in [0.15, 0.2) is 0 Å². The maximum atomic E-state index is 13.4. The van der Waals surface area contributed by atoms with Crippen LogP contribution in [-0.2, 0) is 17.7 Å². The monoisotopic (exact) mass is 528 g/mol. The van der Waals surface area contributed by atoms with Crippen LogP contribution in [0.1, 0.15) is 45.6 Å². The van der Waals surface area contributed by atoms with Crippen LogP contribution >= 0.6 is 0 Å². The van der Waals surface area contributed by atoms with Gasteiger partial charge in [0.05, 0.1) is 19.4 Å². The number of hydrogen-bond donors (Lipinski definition) is 2. The highest BCUT2D eigenvalue weighted by Crippen LogP contribution is 2.30. The third kappa shape index (κ3) is 4.99. The first kappa shape index (κ1) is 25.1. The van der Waals surface area contributed by atoms with Crippen molar-refractivity contribution < 1.29 is 19.2 Å². The van der Waals surface area contributed by atoms with Crippen LogP contribution in [0.3, 0.4) is 0 Å². The number of nitrogens with zero attached hydrogens (tertiary/aromatic N) is 4. The lowest BCUT2D eigenvalue weighted by Gasteiger charge is -2.38. The Morgan fingerprint density at radius 3 is 2.72 bits per heavy atom. The molecule has 0 spiro atoms. The van der Waals surface area contributed by atoms with Crippen molar-refractivity contribution in [3.05, 3.63) is 70.7 Å². The predicted octanol–water partition coefficient (Wildman–Crippen LogP) is 3.98. The standard InChI is InChI=1S/C29H32N6O4/c1-18-13-21(14-20-8-12-39-33-27(18)20)28(36)25-16-26(31-17-30-25)34-9-6-22(7-10-34)35-11-5-19-15-23(38-2)3-4-24(19)32-29(35)37/h3-4,13-17,22,33H,5-12H2,1-2H3,(H,32,37). The second-order valence-electron chi connectivity index (χ2n) is 10.2. The van der Waals surface area contributed by atoms with Crippen LogP contribution in [0.15, 0.2) is 42.7 Å². The van der Waals surface area contributed by atoms with Crippen LogP contribution in [0, 0.1) is 6.92 Å². The molecule has 0 radical (unpaired) electrons. The van der Waals surface area contributed by atoms with E-state index >= 15 is 0 Å². The summed E-state index contributed by atoms with van der Waals surface area (Å²) in [5.74, 6) is 1.40. The third-order valence-electron chi connectivity index (χ3n) is 7.88. The van der Waals surface area contributed by atoms with Gasteiger partial charge in [-0.3, -0.25) is 15.1 Å². The van der Waals surface area contributed by atoms with Crippen molar-refractivity contribution >= 4 is 29.0 Å². The van der Waals surface area contributed by atoms with E-state index in [1.54, 1.807) is 13.2 Å². The Kier molecular flexibility index (Phi) is 6.78. The van der Waals surface area contributed by atoms with E-state index in [0.717, 1.165) is 78.4 Å². The van der Waals surface area contributed by atoms with E-state index in [0.29, 0.717) is 24.4 Å². The van der Waals surface area contributed by atoms with Crippen LogP contribution in [0.2, 0.25) is 0 Å². The number of carbonyl (C=O) groups excluding carboxylic acids is 2. The largest absolute Gasteiger partial charge is 0.497 e. The van der Waals surface area contributed by atoms with Crippen molar-refractivity contribution in [2.75, 3.05) is 49.0 Å². The highest BCUT2D eigenvalue weighted by atomic mass is 16.6. The maximum absolute atomic E-state index is 13.4. The Morgan fingerprint density at radius 1 is 1.05 bits per heavy atom. The Bertz CT molecular complexity index is 1420. The normalized spacial score (nSPS) is 17.4. The van der Waals surface area contributed by atoms with E-state index in [4.69, 9.17) is 9.57 Å². The molecule has 39 heavy (non-hydrogen) atoms. The Balaban J connectivity index is 1.12. The summed E-state index contributed by atoms with van der Waals surface area (Å²) in [6, 6.07) is 11.4. The topological polar surface area (TPSA) is 109 Å². The molecule has 1 saturated heterocycles. The number of fused-ring (bicyclic) bond motifs is 2. The molecule has 10 nitrogen and oxygen atoms in total. The van der Waals surface area contributed by atoms with Gasteiger partial charge in [-0.05, 0) is 73.2 Å². The Morgan fingerprint density at radius 2 is 1.90 bits per heavy atom. The third-order valence-corrected chi connectivity index (χ3v) is 7.88. The van der Waals surface area contributed by atoms with Crippen molar-refractivity contribution in [3.63, 3.8) is 0 Å². The molecular weight excluding hydrogens is 496 g/mol. The van der Waals surface area contributed by atoms with E-state index in [1.165, 1.54) is 6.33 Å². The van der Waals surface area contributed by atoms with Gasteiger partial charge in [0.1, 0.15) is 23.6 Å². The molecule has 0 bridgehead atoms. The molecule has 1 fully saturated rings. The highest BCUT2D eigenvalue weighted by molar-refractivity contribution is 6.08. The molecule has 1 aromatic heterocycles. The first-order chi connectivity index (χ1) is 19.0. The van der Waals surface area contributed by atoms with Crippen LogP contribution < -0.4 is 20.4 Å². The van der Waals surface area contributed by atoms with Gasteiger partial charge in [0.2, 0.25) is 5.78 Å². The molecule has 0 atom stereocenters. The smallest absolute Gasteiger partial charge is 0.322 e. The number of anilines is 3. The molecular formula is C29H32N6O4. The second kappa shape index (κ2) is 10.5. The van der Waals surface area contributed by atoms with Gasteiger partial charge in [-0.1, -0.05) is 0 Å². The molecule has 3 aliphatic heterocycles. The lowest BCUT2D eigenvalue weighted by Crippen LogP contribution is -2.49. The summed E-state index contributed by atoms with van der Waals surface area (Å²) in [6.07, 6.45) is 4.62. The number of benzene rings is 2. The van der Waals surface area contributed by atoms with Crippen molar-refractivity contribution in [1.29, 1.82) is 0 Å². The molecule has 2 amide bonds. The summed E-state index contributed by atoms with van der Waals surface area (Å²) in [4.78, 5) is 44.6. The second-order valence-corrected chi connectivity index (χ2v) is 10.2. The van der Waals surface area contributed by atoms with E-state index in [9.17, 15) is 9.59 Å². The predicted molar refractivity (Wildman–Crippen MR) is 148 cm³/mol. The van der Waals surface area contributed by atoms with Crippen molar-refractivity contribution in [3.8, 4) is 5.75 Å². The molecule has 0 saturated carbocycles. The molecule has 0 unspecified atom stereocenters. The van der Waals surface area contributed by atoms with E-state index < -0.39 is 0 Å². The van der Waals surface area contributed by atoms with Gasteiger partial charge in [-0.25, -0.2) is 14.8 Å². The molecule has 10 heteroatoms. The van der Waals surface area contributed by atoms with Crippen molar-refractivity contribution in [2.45, 2.75) is 38.6 Å². The number of hydrogen-bond acceptors (Lipinski definition) is 8. The summed E-state index contributed by atoms with van der Waals surface area (Å²) in [5.41, 5.74) is 8.84. The summed E-state index contributed by atoms with van der Waals surface area (Å²) in [5, 5.41) is 3.07. The summed E-state index contributed by atoms with van der Waals surface area (Å²) in [7, 11) is 1.65. The number of urea groups is 1. The zero-order valence-corrected chi connectivity index (χ0v) is 22.2. The summed E-state index contributed by atoms with van der Waals surface area (Å²) < 4.78 is 5.35. The fourth-order valence-electron chi connectivity index (χ4n) is 5.72. The minimum Gasteiger partial charge on any atom is -0.497 e. The van der Waals surface area contributed by atoms with E-state index in [1.807, 2.05) is 42.2 Å². The van der Waals surface area contributed by atoms with Crippen LogP contribution in [0.5, 0.6) is 5.75 Å². The number of carbonyl (C=O) groups is 2. The number of aryl methyl sites for hydroxylation is 1. The lowest BCUT2D eigenvalue weighted by atomic mass is 9.97. The van der Waals surface area contributed by atoms with Gasteiger partial charge in [-0.2, -0.15) is 0 Å². The van der Waals surface area contributed by atoms with E-state index in [-0.39, 0.29) is 17.9 Å². The number of nitrogens with one attached hydrogen (secondary N) is 2. The fraction of sp³-hybridized carbons (Fsp3) is 0.379. The number of piperidine rings is 1. The number of ether oxygens (including phenoxy) is 1. The van der Waals surface area contributed by atoms with Crippen molar-refractivity contribution in [1.82, 2.24) is 14.9 Å². The summed E-state index contributed by atoms with van der Waals surface area (Å²) in [6.45, 7) is 4.67. The van der Waals surface area contributed by atoms with E-state index in [2.05, 4.69) is 25.7 Å². The Labute approximate surface area is 227 Å².